The molecule has 0 fully saturated rings. The zero-order valence-corrected chi connectivity index (χ0v) is 7.84. The van der Waals surface area contributed by atoms with Crippen molar-refractivity contribution in [2.75, 3.05) is 13.2 Å². The lowest BCUT2D eigenvalue weighted by atomic mass is 10.9. The third-order valence-corrected chi connectivity index (χ3v) is 1.75. The zero-order valence-electron chi connectivity index (χ0n) is 6.94. The van der Waals surface area contributed by atoms with Gasteiger partial charge in [-0.05, 0) is 13.8 Å². The maximum Gasteiger partial charge on any atom is 0.472 e. The fraction of sp³-hybridized carbons (Fsp3) is 0.800. The summed E-state index contributed by atoms with van der Waals surface area (Å²) in [6, 6.07) is 0. The summed E-state index contributed by atoms with van der Waals surface area (Å²) >= 11 is 0. The highest BCUT2D eigenvalue weighted by molar-refractivity contribution is 7.47. The third-order valence-electron chi connectivity index (χ3n) is 0.584. The smallest absolute Gasteiger partial charge is 0.302 e. The summed E-state index contributed by atoms with van der Waals surface area (Å²) in [6.45, 7) is 3.63. The van der Waals surface area contributed by atoms with Crippen molar-refractivity contribution in [2.45, 2.75) is 13.8 Å². The van der Waals surface area contributed by atoms with Gasteiger partial charge in [-0.25, -0.2) is 14.8 Å². The van der Waals surface area contributed by atoms with E-state index in [2.05, 4.69) is 9.05 Å². The van der Waals surface area contributed by atoms with Crippen molar-refractivity contribution in [3.63, 3.8) is 0 Å². The molecule has 0 aliphatic rings. The molecule has 0 rings (SSSR count). The minimum absolute atomic E-state index is 0.188. The van der Waals surface area contributed by atoms with Crippen LogP contribution in [0.4, 0.5) is 0 Å². The van der Waals surface area contributed by atoms with Crippen molar-refractivity contribution in [2.24, 2.45) is 0 Å². The number of phosphoric acid groups is 1. The summed E-state index contributed by atoms with van der Waals surface area (Å²) < 4.78 is 19.2. The first kappa shape index (κ1) is 14.0. The van der Waals surface area contributed by atoms with Crippen LogP contribution in [-0.4, -0.2) is 24.2 Å². The van der Waals surface area contributed by atoms with Crippen LogP contribution in [0.25, 0.3) is 0 Å². The van der Waals surface area contributed by atoms with Crippen LogP contribution in [0, 0.1) is 5.41 Å². The number of hydrogen-bond acceptors (Lipinski definition) is 5. The third kappa shape index (κ3) is 12.2. The van der Waals surface area contributed by atoms with Gasteiger partial charge in [-0.2, -0.15) is 0 Å². The van der Waals surface area contributed by atoms with Gasteiger partial charge < -0.3 is 4.89 Å². The van der Waals surface area contributed by atoms with Crippen LogP contribution in [0.5, 0.6) is 0 Å². The molecular weight excluding hydrogens is 185 g/mol. The highest BCUT2D eigenvalue weighted by atomic mass is 31.2. The lowest BCUT2D eigenvalue weighted by Crippen LogP contribution is -1.93. The van der Waals surface area contributed by atoms with Gasteiger partial charge in [-0.1, -0.05) is 0 Å². The molecule has 0 aliphatic heterocycles. The van der Waals surface area contributed by atoms with Gasteiger partial charge in [0, 0.05) is 0 Å². The average Bonchev–Trinajstić information content (AvgIpc) is 1.88. The second-order valence-electron chi connectivity index (χ2n) is 1.41. The molecule has 0 aromatic heterocycles. The second-order valence-corrected chi connectivity index (χ2v) is 2.86. The molecule has 12 heavy (non-hydrogen) atoms. The highest BCUT2D eigenvalue weighted by Crippen LogP contribution is 2.42. The van der Waals surface area contributed by atoms with Crippen molar-refractivity contribution < 1.29 is 23.3 Å². The van der Waals surface area contributed by atoms with E-state index in [-0.39, 0.29) is 13.2 Å². The minimum Gasteiger partial charge on any atom is -0.302 e. The van der Waals surface area contributed by atoms with Gasteiger partial charge in [0.05, 0.1) is 13.2 Å². The molecule has 0 saturated heterocycles. The Kier molecular flexibility index (Phi) is 10.0. The molecule has 6 nitrogen and oxygen atoms in total. The van der Waals surface area contributed by atoms with E-state index in [4.69, 9.17) is 15.1 Å². The van der Waals surface area contributed by atoms with E-state index in [0.29, 0.717) is 0 Å². The maximum absolute atomic E-state index is 10.5. The summed E-state index contributed by atoms with van der Waals surface area (Å²) in [5.74, 6) is 0. The summed E-state index contributed by atoms with van der Waals surface area (Å²) in [5.41, 5.74) is 0. The molecule has 0 amide bonds. The van der Waals surface area contributed by atoms with E-state index >= 15 is 0 Å². The largest absolute Gasteiger partial charge is 0.472 e. The van der Waals surface area contributed by atoms with Gasteiger partial charge in [-0.15, -0.1) is 0 Å². The molecule has 0 spiro atoms. The monoisotopic (exact) mass is 197 g/mol. The Morgan fingerprint density at radius 3 is 1.83 bits per heavy atom. The van der Waals surface area contributed by atoms with E-state index in [1.807, 2.05) is 0 Å². The number of isocyanates is 1. The van der Waals surface area contributed by atoms with E-state index in [0.717, 1.165) is 6.08 Å². The Balaban J connectivity index is 0. The van der Waals surface area contributed by atoms with Crippen LogP contribution < -0.4 is 0 Å². The van der Waals surface area contributed by atoms with Crippen LogP contribution in [0.15, 0.2) is 0 Å². The van der Waals surface area contributed by atoms with Crippen LogP contribution in [0.2, 0.25) is 0 Å². The van der Waals surface area contributed by atoms with Crippen molar-refractivity contribution in [3.8, 4) is 0 Å². The van der Waals surface area contributed by atoms with E-state index in [1.165, 1.54) is 0 Å². The van der Waals surface area contributed by atoms with Gasteiger partial charge in [0.25, 0.3) is 0 Å². The van der Waals surface area contributed by atoms with Gasteiger partial charge in [-0.3, -0.25) is 9.05 Å². The fourth-order valence-corrected chi connectivity index (χ4v) is 1.09. The Hall–Kier alpha value is -0.510. The SMILES string of the molecule is CCOP(=O)(O)OCC.N=C=O. The number of carbonyl (C=O) groups excluding carboxylic acids is 1. The van der Waals surface area contributed by atoms with Crippen molar-refractivity contribution >= 4 is 13.9 Å². The predicted octanol–water partition coefficient (Wildman–Crippen LogP) is 1.06. The number of rotatable bonds is 4. The Morgan fingerprint density at radius 1 is 1.42 bits per heavy atom. The Labute approximate surface area is 70.6 Å². The minimum atomic E-state index is -3.69. The zero-order chi connectivity index (χ0) is 10.0. The predicted molar refractivity (Wildman–Crippen MR) is 41.5 cm³/mol. The standard InChI is InChI=1S/C4H11O4P.CHNO/c1-3-7-9(5,6)8-4-2;2-1-3/h3-4H2,1-2H3,(H,5,6);2H. The first-order chi connectivity index (χ1) is 5.54. The molecule has 0 aromatic rings. The molecule has 0 atom stereocenters. The molecular formula is C5H12NO5P. The molecule has 0 bridgehead atoms. The summed E-state index contributed by atoms with van der Waals surface area (Å²) in [4.78, 5) is 17.0. The summed E-state index contributed by atoms with van der Waals surface area (Å²) in [6.07, 6.45) is 0.750. The fourth-order valence-electron chi connectivity index (χ4n) is 0.364. The Morgan fingerprint density at radius 2 is 1.67 bits per heavy atom. The quantitative estimate of drug-likeness (QED) is 0.399. The number of hydrogen-bond donors (Lipinski definition) is 2. The lowest BCUT2D eigenvalue weighted by Gasteiger charge is -2.07. The lowest BCUT2D eigenvalue weighted by molar-refractivity contribution is 0.161. The van der Waals surface area contributed by atoms with Crippen LogP contribution in [0.1, 0.15) is 13.8 Å². The molecule has 0 aromatic carbocycles. The van der Waals surface area contributed by atoms with E-state index in [9.17, 15) is 4.57 Å². The van der Waals surface area contributed by atoms with Crippen molar-refractivity contribution in [1.29, 1.82) is 5.41 Å². The molecule has 0 unspecified atom stereocenters. The molecule has 0 saturated carbocycles. The highest BCUT2D eigenvalue weighted by Gasteiger charge is 2.17. The molecule has 2 N–H and O–H groups in total. The summed E-state index contributed by atoms with van der Waals surface area (Å²) in [7, 11) is -3.69. The van der Waals surface area contributed by atoms with Gasteiger partial charge in [0.1, 0.15) is 0 Å². The van der Waals surface area contributed by atoms with Gasteiger partial charge in [0.15, 0.2) is 0 Å². The van der Waals surface area contributed by atoms with Crippen LogP contribution >= 0.6 is 7.82 Å². The molecule has 72 valence electrons. The van der Waals surface area contributed by atoms with Crippen molar-refractivity contribution in [1.82, 2.24) is 0 Å². The first-order valence-corrected chi connectivity index (χ1v) is 4.69. The first-order valence-electron chi connectivity index (χ1n) is 3.19. The molecule has 0 heterocycles. The Bertz CT molecular complexity index is 167. The van der Waals surface area contributed by atoms with Crippen LogP contribution in [-0.2, 0) is 18.4 Å². The van der Waals surface area contributed by atoms with E-state index in [1.54, 1.807) is 13.8 Å². The maximum atomic E-state index is 10.5. The number of nitrogens with one attached hydrogen (secondary N) is 1. The topological polar surface area (TPSA) is 96.7 Å². The van der Waals surface area contributed by atoms with Crippen LogP contribution in [0.3, 0.4) is 0 Å². The summed E-state index contributed by atoms with van der Waals surface area (Å²) in [5, 5.41) is 5.40. The molecule has 0 aliphatic carbocycles. The normalized spacial score (nSPS) is 9.58. The number of phosphoric ester groups is 1. The molecule has 7 heteroatoms. The second kappa shape index (κ2) is 8.59. The van der Waals surface area contributed by atoms with E-state index < -0.39 is 7.82 Å². The van der Waals surface area contributed by atoms with Gasteiger partial charge in [0.2, 0.25) is 6.08 Å². The van der Waals surface area contributed by atoms with Crippen molar-refractivity contribution in [3.05, 3.63) is 0 Å². The average molecular weight is 197 g/mol. The molecule has 0 radical (unpaired) electrons. The van der Waals surface area contributed by atoms with Gasteiger partial charge >= 0.3 is 7.82 Å².